The van der Waals surface area contributed by atoms with Crippen molar-refractivity contribution in [1.29, 1.82) is 0 Å². The maximum atomic E-state index is 11.2. The van der Waals surface area contributed by atoms with E-state index in [0.717, 1.165) is 38.7 Å². The van der Waals surface area contributed by atoms with E-state index in [1.54, 1.807) is 0 Å². The van der Waals surface area contributed by atoms with E-state index in [-0.39, 0.29) is 5.97 Å². The van der Waals surface area contributed by atoms with Gasteiger partial charge in [-0.25, -0.2) is 0 Å². The maximum absolute atomic E-state index is 11.2. The molecule has 0 bridgehead atoms. The molecule has 0 radical (unpaired) electrons. The Hall–Kier alpha value is -0.570. The molecule has 0 aliphatic rings. The summed E-state index contributed by atoms with van der Waals surface area (Å²) in [6.45, 7) is 6.22. The smallest absolute Gasteiger partial charge is 0.305 e. The third-order valence-electron chi connectivity index (χ3n) is 2.03. The van der Waals surface area contributed by atoms with Crippen molar-refractivity contribution >= 4 is 5.97 Å². The van der Waals surface area contributed by atoms with Crippen molar-refractivity contribution in [3.05, 3.63) is 0 Å². The fourth-order valence-corrected chi connectivity index (χ4v) is 1.18. The van der Waals surface area contributed by atoms with Crippen molar-refractivity contribution < 1.29 is 14.3 Å². The minimum absolute atomic E-state index is 0.0915. The molecular weight excluding hydrogens is 192 g/mol. The number of unbranched alkanes of at least 4 members (excludes halogenated alkanes) is 2. The van der Waals surface area contributed by atoms with Crippen molar-refractivity contribution in [3.8, 4) is 0 Å². The van der Waals surface area contributed by atoms with Gasteiger partial charge in [-0.1, -0.05) is 26.7 Å². The van der Waals surface area contributed by atoms with Gasteiger partial charge in [0.25, 0.3) is 0 Å². The monoisotopic (exact) mass is 216 g/mol. The first kappa shape index (κ1) is 14.4. The van der Waals surface area contributed by atoms with Gasteiger partial charge in [-0.15, -0.1) is 0 Å². The highest BCUT2D eigenvalue weighted by Crippen LogP contribution is 1.98. The molecule has 3 heteroatoms. The molecule has 0 atom stereocenters. The lowest BCUT2D eigenvalue weighted by atomic mass is 10.3. The molecule has 0 heterocycles. The molecule has 3 nitrogen and oxygen atoms in total. The van der Waals surface area contributed by atoms with E-state index in [1.165, 1.54) is 0 Å². The van der Waals surface area contributed by atoms with E-state index in [0.29, 0.717) is 19.6 Å². The second-order valence-corrected chi connectivity index (χ2v) is 3.64. The summed E-state index contributed by atoms with van der Waals surface area (Å²) in [7, 11) is 0. The molecule has 0 N–H and O–H groups in total. The first-order valence-corrected chi connectivity index (χ1v) is 6.04. The second kappa shape index (κ2) is 11.5. The Bertz CT molecular complexity index is 146. The number of carbonyl (C=O) groups excluding carboxylic acids is 1. The minimum atomic E-state index is -0.0915. The molecule has 0 aromatic rings. The Morgan fingerprint density at radius 3 is 2.40 bits per heavy atom. The van der Waals surface area contributed by atoms with Crippen molar-refractivity contribution in [2.45, 2.75) is 52.4 Å². The molecule has 0 saturated heterocycles. The molecule has 0 saturated carbocycles. The summed E-state index contributed by atoms with van der Waals surface area (Å²) < 4.78 is 10.3. The molecule has 0 rings (SSSR count). The van der Waals surface area contributed by atoms with E-state index >= 15 is 0 Å². The van der Waals surface area contributed by atoms with Crippen molar-refractivity contribution in [2.75, 3.05) is 19.8 Å². The molecule has 0 spiro atoms. The van der Waals surface area contributed by atoms with Crippen LogP contribution in [0, 0.1) is 0 Å². The zero-order chi connectivity index (χ0) is 11.4. The van der Waals surface area contributed by atoms with Crippen LogP contribution in [-0.4, -0.2) is 25.8 Å². The van der Waals surface area contributed by atoms with Gasteiger partial charge in [0.2, 0.25) is 0 Å². The largest absolute Gasteiger partial charge is 0.466 e. The third kappa shape index (κ3) is 11.4. The van der Waals surface area contributed by atoms with Crippen molar-refractivity contribution in [3.63, 3.8) is 0 Å². The van der Waals surface area contributed by atoms with Crippen LogP contribution in [0.25, 0.3) is 0 Å². The zero-order valence-corrected chi connectivity index (χ0v) is 10.1. The predicted octanol–water partition coefficient (Wildman–Crippen LogP) is 2.93. The first-order chi connectivity index (χ1) is 7.31. The summed E-state index contributed by atoms with van der Waals surface area (Å²) in [6, 6.07) is 0. The molecule has 0 aliphatic carbocycles. The van der Waals surface area contributed by atoms with Crippen LogP contribution < -0.4 is 0 Å². The highest BCUT2D eigenvalue weighted by Gasteiger charge is 2.01. The van der Waals surface area contributed by atoms with Crippen LogP contribution in [-0.2, 0) is 14.3 Å². The zero-order valence-electron chi connectivity index (χ0n) is 10.1. The molecule has 15 heavy (non-hydrogen) atoms. The van der Waals surface area contributed by atoms with Crippen LogP contribution in [0.3, 0.4) is 0 Å². The number of hydrogen-bond acceptors (Lipinski definition) is 3. The molecular formula is C12H24O3. The van der Waals surface area contributed by atoms with Crippen molar-refractivity contribution in [2.24, 2.45) is 0 Å². The minimum Gasteiger partial charge on any atom is -0.466 e. The Kier molecular flexibility index (Phi) is 11.1. The number of esters is 1. The fraction of sp³-hybridized carbons (Fsp3) is 0.917. The van der Waals surface area contributed by atoms with E-state index in [2.05, 4.69) is 13.8 Å². The summed E-state index contributed by atoms with van der Waals surface area (Å²) in [5.74, 6) is -0.0915. The predicted molar refractivity (Wildman–Crippen MR) is 60.8 cm³/mol. The Morgan fingerprint density at radius 2 is 1.73 bits per heavy atom. The van der Waals surface area contributed by atoms with Crippen LogP contribution in [0.2, 0.25) is 0 Å². The molecule has 0 amide bonds. The number of ether oxygens (including phenoxy) is 2. The SMILES string of the molecule is CCCCCOC(=O)CCCOCCC. The lowest BCUT2D eigenvalue weighted by molar-refractivity contribution is -0.144. The van der Waals surface area contributed by atoms with Crippen LogP contribution in [0.5, 0.6) is 0 Å². The van der Waals surface area contributed by atoms with Crippen molar-refractivity contribution in [1.82, 2.24) is 0 Å². The highest BCUT2D eigenvalue weighted by molar-refractivity contribution is 5.69. The molecule has 0 fully saturated rings. The van der Waals surface area contributed by atoms with Gasteiger partial charge < -0.3 is 9.47 Å². The standard InChI is InChI=1S/C12H24O3/c1-3-5-6-11-15-12(13)8-7-10-14-9-4-2/h3-11H2,1-2H3. The average Bonchev–Trinajstić information content (AvgIpc) is 2.24. The summed E-state index contributed by atoms with van der Waals surface area (Å²) in [5, 5.41) is 0. The highest BCUT2D eigenvalue weighted by atomic mass is 16.5. The average molecular weight is 216 g/mol. The van der Waals surface area contributed by atoms with Crippen LogP contribution in [0.1, 0.15) is 52.4 Å². The number of carbonyl (C=O) groups is 1. The molecule has 0 aliphatic heterocycles. The number of hydrogen-bond donors (Lipinski definition) is 0. The Morgan fingerprint density at radius 1 is 0.933 bits per heavy atom. The lowest BCUT2D eigenvalue weighted by Gasteiger charge is -2.04. The van der Waals surface area contributed by atoms with Gasteiger partial charge in [0.05, 0.1) is 6.61 Å². The van der Waals surface area contributed by atoms with E-state index in [4.69, 9.17) is 9.47 Å². The number of rotatable bonds is 10. The van der Waals surface area contributed by atoms with Gasteiger partial charge in [-0.05, 0) is 19.3 Å². The van der Waals surface area contributed by atoms with Crippen LogP contribution in [0.4, 0.5) is 0 Å². The molecule has 0 aromatic carbocycles. The first-order valence-electron chi connectivity index (χ1n) is 6.04. The summed E-state index contributed by atoms with van der Waals surface area (Å²) in [4.78, 5) is 11.2. The summed E-state index contributed by atoms with van der Waals surface area (Å²) in [5.41, 5.74) is 0. The summed E-state index contributed by atoms with van der Waals surface area (Å²) >= 11 is 0. The normalized spacial score (nSPS) is 10.3. The van der Waals surface area contributed by atoms with Gasteiger partial charge in [0, 0.05) is 19.6 Å². The maximum Gasteiger partial charge on any atom is 0.305 e. The lowest BCUT2D eigenvalue weighted by Crippen LogP contribution is -2.07. The van der Waals surface area contributed by atoms with Gasteiger partial charge in [-0.3, -0.25) is 4.79 Å². The van der Waals surface area contributed by atoms with Gasteiger partial charge in [-0.2, -0.15) is 0 Å². The van der Waals surface area contributed by atoms with E-state index in [1.807, 2.05) is 0 Å². The quantitative estimate of drug-likeness (QED) is 0.416. The van der Waals surface area contributed by atoms with Crippen LogP contribution in [0.15, 0.2) is 0 Å². The van der Waals surface area contributed by atoms with Gasteiger partial charge >= 0.3 is 5.97 Å². The molecule has 0 aromatic heterocycles. The third-order valence-corrected chi connectivity index (χ3v) is 2.03. The summed E-state index contributed by atoms with van der Waals surface area (Å²) in [6.07, 6.45) is 5.55. The second-order valence-electron chi connectivity index (χ2n) is 3.64. The topological polar surface area (TPSA) is 35.5 Å². The van der Waals surface area contributed by atoms with E-state index in [9.17, 15) is 4.79 Å². The van der Waals surface area contributed by atoms with Gasteiger partial charge in [0.15, 0.2) is 0 Å². The Labute approximate surface area is 93.1 Å². The van der Waals surface area contributed by atoms with E-state index < -0.39 is 0 Å². The molecule has 0 unspecified atom stereocenters. The molecule has 90 valence electrons. The van der Waals surface area contributed by atoms with Gasteiger partial charge in [0.1, 0.15) is 0 Å². The fourth-order valence-electron chi connectivity index (χ4n) is 1.18. The van der Waals surface area contributed by atoms with Crippen LogP contribution >= 0.6 is 0 Å². The Balaban J connectivity index is 3.11.